The van der Waals surface area contributed by atoms with Crippen molar-refractivity contribution in [2.75, 3.05) is 19.0 Å². The van der Waals surface area contributed by atoms with Gasteiger partial charge in [0.15, 0.2) is 0 Å². The van der Waals surface area contributed by atoms with Crippen LogP contribution in [-0.4, -0.2) is 48.2 Å². The lowest BCUT2D eigenvalue weighted by atomic mass is 10.1. The standard InChI is InChI=1S/C25H28Cl2N2O5/c1-6-25(2,3)34-24(33)21(30)14-22(31)29(15-16-10-18(26)13-19(27)11-16)20-9-7-8-17(12-20)23(32)28(4)5/h7-13H,6,14-15H2,1-5H3. The van der Waals surface area contributed by atoms with Gasteiger partial charge in [0.05, 0.1) is 13.0 Å². The van der Waals surface area contributed by atoms with Crippen molar-refractivity contribution in [3.8, 4) is 0 Å². The van der Waals surface area contributed by atoms with Gasteiger partial charge in [-0.3, -0.25) is 14.4 Å². The molecule has 0 N–H and O–H groups in total. The molecule has 182 valence electrons. The molecule has 9 heteroatoms. The number of carbonyl (C=O) groups is 4. The van der Waals surface area contributed by atoms with Crippen LogP contribution >= 0.6 is 23.2 Å². The number of esters is 1. The first-order valence-electron chi connectivity index (χ1n) is 10.7. The normalized spacial score (nSPS) is 11.0. The molecule has 0 aliphatic heterocycles. The molecule has 2 aromatic rings. The van der Waals surface area contributed by atoms with Gasteiger partial charge in [-0.1, -0.05) is 36.2 Å². The van der Waals surface area contributed by atoms with Crippen LogP contribution < -0.4 is 4.90 Å². The summed E-state index contributed by atoms with van der Waals surface area (Å²) in [6, 6.07) is 11.3. The minimum atomic E-state index is -1.07. The number of ketones is 1. The van der Waals surface area contributed by atoms with E-state index in [0.717, 1.165) is 0 Å². The molecular weight excluding hydrogens is 479 g/mol. The molecule has 7 nitrogen and oxygen atoms in total. The lowest BCUT2D eigenvalue weighted by Gasteiger charge is -2.25. The van der Waals surface area contributed by atoms with E-state index in [4.69, 9.17) is 27.9 Å². The third kappa shape index (κ3) is 7.57. The van der Waals surface area contributed by atoms with E-state index < -0.39 is 29.7 Å². The summed E-state index contributed by atoms with van der Waals surface area (Å²) >= 11 is 12.2. The molecule has 0 saturated carbocycles. The molecule has 2 aromatic carbocycles. The van der Waals surface area contributed by atoms with Crippen LogP contribution in [0.4, 0.5) is 5.69 Å². The maximum Gasteiger partial charge on any atom is 0.375 e. The Kier molecular flexibility index (Phi) is 9.24. The summed E-state index contributed by atoms with van der Waals surface area (Å²) in [7, 11) is 3.24. The van der Waals surface area contributed by atoms with E-state index in [1.807, 2.05) is 6.92 Å². The highest BCUT2D eigenvalue weighted by Crippen LogP contribution is 2.25. The fourth-order valence-corrected chi connectivity index (χ4v) is 3.53. The van der Waals surface area contributed by atoms with Crippen LogP contribution in [-0.2, 0) is 25.7 Å². The molecular formula is C25H28Cl2N2O5. The molecule has 0 aromatic heterocycles. The Balaban J connectivity index is 2.38. The highest BCUT2D eigenvalue weighted by atomic mass is 35.5. The number of Topliss-reactive ketones (excluding diaryl/α,β-unsaturated/α-hetero) is 1. The van der Waals surface area contributed by atoms with Gasteiger partial charge in [0.2, 0.25) is 11.7 Å². The van der Waals surface area contributed by atoms with E-state index in [0.29, 0.717) is 33.3 Å². The zero-order chi connectivity index (χ0) is 25.6. The fraction of sp³-hybridized carbons (Fsp3) is 0.360. The molecule has 0 radical (unpaired) electrons. The van der Waals surface area contributed by atoms with E-state index >= 15 is 0 Å². The van der Waals surface area contributed by atoms with Gasteiger partial charge in [0.1, 0.15) is 5.60 Å². The zero-order valence-electron chi connectivity index (χ0n) is 19.9. The predicted molar refractivity (Wildman–Crippen MR) is 132 cm³/mol. The summed E-state index contributed by atoms with van der Waals surface area (Å²) in [5.74, 6) is -2.91. The van der Waals surface area contributed by atoms with Crippen molar-refractivity contribution in [3.05, 3.63) is 63.6 Å². The van der Waals surface area contributed by atoms with Crippen molar-refractivity contribution >= 4 is 52.5 Å². The number of anilines is 1. The smallest absolute Gasteiger partial charge is 0.375 e. The molecule has 0 fully saturated rings. The van der Waals surface area contributed by atoms with Crippen molar-refractivity contribution in [2.45, 2.75) is 45.8 Å². The van der Waals surface area contributed by atoms with E-state index in [-0.39, 0.29) is 12.5 Å². The molecule has 0 bridgehead atoms. The van der Waals surface area contributed by atoms with Gasteiger partial charge < -0.3 is 14.5 Å². The maximum absolute atomic E-state index is 13.2. The van der Waals surface area contributed by atoms with Crippen LogP contribution in [0.25, 0.3) is 0 Å². The Morgan fingerprint density at radius 3 is 2.15 bits per heavy atom. The number of ether oxygens (including phenoxy) is 1. The molecule has 0 spiro atoms. The van der Waals surface area contributed by atoms with Crippen LogP contribution in [0.2, 0.25) is 10.0 Å². The predicted octanol–water partition coefficient (Wildman–Crippen LogP) is 4.92. The van der Waals surface area contributed by atoms with Crippen LogP contribution in [0, 0.1) is 0 Å². The number of hydrogen-bond donors (Lipinski definition) is 0. The first-order chi connectivity index (χ1) is 15.8. The SMILES string of the molecule is CCC(C)(C)OC(=O)C(=O)CC(=O)N(Cc1cc(Cl)cc(Cl)c1)c1cccc(C(=O)N(C)C)c1. The minimum absolute atomic E-state index is 0.0154. The van der Waals surface area contributed by atoms with Gasteiger partial charge in [-0.15, -0.1) is 0 Å². The third-order valence-corrected chi connectivity index (χ3v) is 5.57. The minimum Gasteiger partial charge on any atom is -0.454 e. The average Bonchev–Trinajstić information content (AvgIpc) is 2.75. The number of amides is 2. The summed E-state index contributed by atoms with van der Waals surface area (Å²) in [5, 5.41) is 0.765. The molecule has 0 atom stereocenters. The zero-order valence-corrected chi connectivity index (χ0v) is 21.4. The Morgan fingerprint density at radius 2 is 1.59 bits per heavy atom. The maximum atomic E-state index is 13.2. The summed E-state index contributed by atoms with van der Waals surface area (Å²) < 4.78 is 5.22. The molecule has 0 aliphatic carbocycles. The first kappa shape index (κ1) is 27.3. The average molecular weight is 507 g/mol. The van der Waals surface area contributed by atoms with Gasteiger partial charge in [0.25, 0.3) is 5.91 Å². The quantitative estimate of drug-likeness (QED) is 0.273. The number of nitrogens with zero attached hydrogens (tertiary/aromatic N) is 2. The van der Waals surface area contributed by atoms with Crippen molar-refractivity contribution in [1.82, 2.24) is 4.90 Å². The summed E-state index contributed by atoms with van der Waals surface area (Å²) in [6.07, 6.45) is -0.187. The second-order valence-electron chi connectivity index (χ2n) is 8.61. The topological polar surface area (TPSA) is 84.0 Å². The van der Waals surface area contributed by atoms with Gasteiger partial charge in [-0.2, -0.15) is 0 Å². The van der Waals surface area contributed by atoms with E-state index in [2.05, 4.69) is 0 Å². The third-order valence-electron chi connectivity index (χ3n) is 5.13. The molecule has 0 saturated heterocycles. The Labute approximate surface area is 209 Å². The number of benzene rings is 2. The van der Waals surface area contributed by atoms with E-state index in [1.54, 1.807) is 70.4 Å². The molecule has 0 aliphatic rings. The number of halogens is 2. The second-order valence-corrected chi connectivity index (χ2v) is 9.48. The van der Waals surface area contributed by atoms with Crippen LogP contribution in [0.5, 0.6) is 0 Å². The molecule has 2 rings (SSSR count). The largest absolute Gasteiger partial charge is 0.454 e. The van der Waals surface area contributed by atoms with Gasteiger partial charge in [-0.25, -0.2) is 4.79 Å². The summed E-state index contributed by atoms with van der Waals surface area (Å²) in [4.78, 5) is 53.1. The van der Waals surface area contributed by atoms with Gasteiger partial charge in [0, 0.05) is 35.4 Å². The van der Waals surface area contributed by atoms with Crippen molar-refractivity contribution in [2.24, 2.45) is 0 Å². The lowest BCUT2D eigenvalue weighted by Crippen LogP contribution is -2.36. The van der Waals surface area contributed by atoms with E-state index in [9.17, 15) is 19.2 Å². The summed E-state index contributed by atoms with van der Waals surface area (Å²) in [5.41, 5.74) is 0.523. The molecule has 0 heterocycles. The highest BCUT2D eigenvalue weighted by Gasteiger charge is 2.29. The summed E-state index contributed by atoms with van der Waals surface area (Å²) in [6.45, 7) is 5.20. The Morgan fingerprint density at radius 1 is 0.971 bits per heavy atom. The van der Waals surface area contributed by atoms with Gasteiger partial charge in [-0.05, 0) is 62.2 Å². The van der Waals surface area contributed by atoms with Crippen LogP contribution in [0.3, 0.4) is 0 Å². The lowest BCUT2D eigenvalue weighted by molar-refractivity contribution is -0.164. The number of hydrogen-bond acceptors (Lipinski definition) is 5. The van der Waals surface area contributed by atoms with Crippen molar-refractivity contribution < 1.29 is 23.9 Å². The van der Waals surface area contributed by atoms with Crippen molar-refractivity contribution in [3.63, 3.8) is 0 Å². The number of rotatable bonds is 9. The molecule has 0 unspecified atom stereocenters. The molecule has 34 heavy (non-hydrogen) atoms. The van der Waals surface area contributed by atoms with E-state index in [1.165, 1.54) is 9.80 Å². The molecule has 2 amide bonds. The van der Waals surface area contributed by atoms with Crippen molar-refractivity contribution in [1.29, 1.82) is 0 Å². The van der Waals surface area contributed by atoms with Crippen LogP contribution in [0.1, 0.15) is 49.5 Å². The van der Waals surface area contributed by atoms with Gasteiger partial charge >= 0.3 is 5.97 Å². The van der Waals surface area contributed by atoms with Crippen LogP contribution in [0.15, 0.2) is 42.5 Å². The second kappa shape index (κ2) is 11.5. The number of carbonyl (C=O) groups excluding carboxylic acids is 4. The Bertz CT molecular complexity index is 1080. The highest BCUT2D eigenvalue weighted by molar-refractivity contribution is 6.38. The first-order valence-corrected chi connectivity index (χ1v) is 11.4. The Hall–Kier alpha value is -2.90. The fourth-order valence-electron chi connectivity index (χ4n) is 2.96. The monoisotopic (exact) mass is 506 g/mol.